The van der Waals surface area contributed by atoms with Crippen LogP contribution in [0.5, 0.6) is 10.8 Å². The van der Waals surface area contributed by atoms with Crippen molar-refractivity contribution in [2.75, 3.05) is 19.5 Å². The molecule has 0 atom stereocenters. The molecule has 22 heavy (non-hydrogen) atoms. The minimum absolute atomic E-state index is 0.686. The van der Waals surface area contributed by atoms with Gasteiger partial charge in [0, 0.05) is 18.3 Å². The number of anilines is 1. The van der Waals surface area contributed by atoms with Gasteiger partial charge in [-0.2, -0.15) is 0 Å². The number of hydrogen-bond acceptors (Lipinski definition) is 6. The van der Waals surface area contributed by atoms with E-state index in [1.165, 1.54) is 12.0 Å². The molecule has 2 aromatic heterocycles. The van der Waals surface area contributed by atoms with Crippen molar-refractivity contribution in [2.45, 2.75) is 6.54 Å². The molecule has 114 valence electrons. The van der Waals surface area contributed by atoms with Gasteiger partial charge >= 0.3 is 0 Å². The van der Waals surface area contributed by atoms with E-state index in [0.717, 1.165) is 28.6 Å². The third-order valence-corrected chi connectivity index (χ3v) is 4.16. The number of hydrogen-bond donors (Lipinski definition) is 1. The molecule has 0 bridgehead atoms. The minimum atomic E-state index is 0.686. The van der Waals surface area contributed by atoms with E-state index in [9.17, 15) is 0 Å². The Balaban J connectivity index is 1.74. The summed E-state index contributed by atoms with van der Waals surface area (Å²) in [6, 6.07) is 7.92. The van der Waals surface area contributed by atoms with E-state index in [1.807, 2.05) is 24.3 Å². The highest BCUT2D eigenvalue weighted by Gasteiger charge is 2.10. The zero-order valence-corrected chi connectivity index (χ0v) is 13.1. The van der Waals surface area contributed by atoms with Gasteiger partial charge in [0.2, 0.25) is 0 Å². The Hall–Kier alpha value is -2.47. The molecule has 0 amide bonds. The second-order valence-electron chi connectivity index (χ2n) is 4.61. The summed E-state index contributed by atoms with van der Waals surface area (Å²) in [5, 5.41) is 6.36. The number of nitrogens with one attached hydrogen (secondary N) is 1. The smallest absolute Gasteiger partial charge is 0.181 e. The first-order valence-electron chi connectivity index (χ1n) is 6.72. The van der Waals surface area contributed by atoms with Crippen molar-refractivity contribution in [2.24, 2.45) is 0 Å². The predicted octanol–water partition coefficient (Wildman–Crippen LogP) is 4.03. The van der Waals surface area contributed by atoms with Gasteiger partial charge in [0.05, 0.1) is 26.0 Å². The van der Waals surface area contributed by atoms with Crippen LogP contribution in [-0.2, 0) is 6.54 Å². The molecular weight excluding hydrogens is 300 g/mol. The monoisotopic (exact) mass is 316 g/mol. The first kappa shape index (κ1) is 14.5. The van der Waals surface area contributed by atoms with E-state index in [0.29, 0.717) is 5.76 Å². The average Bonchev–Trinajstić information content (AvgIpc) is 3.24. The van der Waals surface area contributed by atoms with E-state index < -0.39 is 0 Å². The van der Waals surface area contributed by atoms with Crippen molar-refractivity contribution in [3.8, 4) is 22.1 Å². The van der Waals surface area contributed by atoms with Gasteiger partial charge in [0.15, 0.2) is 17.2 Å². The Labute approximate surface area is 132 Å². The summed E-state index contributed by atoms with van der Waals surface area (Å²) in [7, 11) is 3.32. The summed E-state index contributed by atoms with van der Waals surface area (Å²) in [4.78, 5) is 3.93. The summed E-state index contributed by atoms with van der Waals surface area (Å²) in [6.45, 7) is 0.727. The molecule has 0 fully saturated rings. The van der Waals surface area contributed by atoms with Crippen molar-refractivity contribution in [1.29, 1.82) is 0 Å². The summed E-state index contributed by atoms with van der Waals surface area (Å²) in [5.74, 6) is 1.43. The molecular formula is C16H16N2O3S. The largest absolute Gasteiger partial charge is 0.496 e. The van der Waals surface area contributed by atoms with E-state index in [-0.39, 0.29) is 0 Å². The number of oxazole rings is 1. The standard InChI is InChI=1S/C16H16N2O3S/c1-19-14-6-12(3-4-13(14)15-8-17-10-21-15)18-7-11-5-16(20-2)22-9-11/h3-6,8-10,18H,7H2,1-2H3. The molecule has 0 aliphatic carbocycles. The highest BCUT2D eigenvalue weighted by atomic mass is 32.1. The van der Waals surface area contributed by atoms with E-state index in [1.54, 1.807) is 31.8 Å². The molecule has 5 nitrogen and oxygen atoms in total. The molecule has 0 saturated heterocycles. The van der Waals surface area contributed by atoms with E-state index >= 15 is 0 Å². The number of aromatic nitrogens is 1. The van der Waals surface area contributed by atoms with Gasteiger partial charge in [0.1, 0.15) is 5.75 Å². The van der Waals surface area contributed by atoms with Crippen LogP contribution in [0.3, 0.4) is 0 Å². The zero-order valence-electron chi connectivity index (χ0n) is 12.3. The zero-order chi connectivity index (χ0) is 15.4. The van der Waals surface area contributed by atoms with Crippen molar-refractivity contribution >= 4 is 17.0 Å². The van der Waals surface area contributed by atoms with Crippen LogP contribution in [-0.4, -0.2) is 19.2 Å². The Morgan fingerprint density at radius 3 is 2.82 bits per heavy atom. The van der Waals surface area contributed by atoms with Gasteiger partial charge in [-0.3, -0.25) is 0 Å². The molecule has 3 rings (SSSR count). The molecule has 2 heterocycles. The molecule has 0 aliphatic rings. The summed E-state index contributed by atoms with van der Waals surface area (Å²) in [6.07, 6.45) is 3.08. The highest BCUT2D eigenvalue weighted by Crippen LogP contribution is 2.32. The molecule has 1 N–H and O–H groups in total. The quantitative estimate of drug-likeness (QED) is 0.744. The molecule has 0 radical (unpaired) electrons. The van der Waals surface area contributed by atoms with Crippen LogP contribution >= 0.6 is 11.3 Å². The summed E-state index contributed by atoms with van der Waals surface area (Å²) >= 11 is 1.59. The summed E-state index contributed by atoms with van der Waals surface area (Å²) in [5.41, 5.74) is 3.04. The highest BCUT2D eigenvalue weighted by molar-refractivity contribution is 7.12. The number of methoxy groups -OCH3 is 2. The molecule has 3 aromatic rings. The van der Waals surface area contributed by atoms with Crippen molar-refractivity contribution in [3.05, 3.63) is 47.8 Å². The van der Waals surface area contributed by atoms with Crippen LogP contribution < -0.4 is 14.8 Å². The van der Waals surface area contributed by atoms with Gasteiger partial charge < -0.3 is 19.2 Å². The lowest BCUT2D eigenvalue weighted by Gasteiger charge is -2.10. The summed E-state index contributed by atoms with van der Waals surface area (Å²) < 4.78 is 16.0. The third kappa shape index (κ3) is 3.07. The fraction of sp³-hybridized carbons (Fsp3) is 0.188. The maximum atomic E-state index is 5.44. The van der Waals surface area contributed by atoms with E-state index in [2.05, 4.69) is 15.7 Å². The maximum absolute atomic E-state index is 5.44. The van der Waals surface area contributed by atoms with Gasteiger partial charge in [-0.25, -0.2) is 4.98 Å². The average molecular weight is 316 g/mol. The molecule has 6 heteroatoms. The van der Waals surface area contributed by atoms with Gasteiger partial charge in [-0.05, 0) is 29.1 Å². The normalized spacial score (nSPS) is 10.5. The van der Waals surface area contributed by atoms with Crippen LogP contribution in [0.25, 0.3) is 11.3 Å². The Bertz CT molecular complexity index is 738. The molecule has 1 aromatic carbocycles. The lowest BCUT2D eigenvalue weighted by atomic mass is 10.1. The lowest BCUT2D eigenvalue weighted by molar-refractivity contribution is 0.415. The molecule has 0 saturated carbocycles. The third-order valence-electron chi connectivity index (χ3n) is 3.23. The van der Waals surface area contributed by atoms with Gasteiger partial charge in [-0.1, -0.05) is 0 Å². The lowest BCUT2D eigenvalue weighted by Crippen LogP contribution is -1.99. The Kier molecular flexibility index (Phi) is 4.29. The van der Waals surface area contributed by atoms with Crippen molar-refractivity contribution in [3.63, 3.8) is 0 Å². The molecule has 0 aliphatic heterocycles. The molecule has 0 spiro atoms. The van der Waals surface area contributed by atoms with Crippen LogP contribution in [0.15, 0.2) is 46.7 Å². The maximum Gasteiger partial charge on any atom is 0.181 e. The number of benzene rings is 1. The first-order chi connectivity index (χ1) is 10.8. The second-order valence-corrected chi connectivity index (χ2v) is 5.49. The minimum Gasteiger partial charge on any atom is -0.496 e. The van der Waals surface area contributed by atoms with Crippen molar-refractivity contribution < 1.29 is 13.9 Å². The Morgan fingerprint density at radius 2 is 2.14 bits per heavy atom. The fourth-order valence-electron chi connectivity index (χ4n) is 2.11. The topological polar surface area (TPSA) is 56.5 Å². The fourth-order valence-corrected chi connectivity index (χ4v) is 2.85. The number of thiophene rings is 1. The molecule has 0 unspecified atom stereocenters. The number of ether oxygens (including phenoxy) is 2. The second kappa shape index (κ2) is 6.53. The first-order valence-corrected chi connectivity index (χ1v) is 7.60. The van der Waals surface area contributed by atoms with Crippen LogP contribution in [0.4, 0.5) is 5.69 Å². The van der Waals surface area contributed by atoms with Gasteiger partial charge in [0.25, 0.3) is 0 Å². The SMILES string of the molecule is COc1cc(CNc2ccc(-c3cnco3)c(OC)c2)cs1. The Morgan fingerprint density at radius 1 is 1.23 bits per heavy atom. The number of rotatable bonds is 6. The van der Waals surface area contributed by atoms with Gasteiger partial charge in [-0.15, -0.1) is 11.3 Å². The predicted molar refractivity (Wildman–Crippen MR) is 86.7 cm³/mol. The van der Waals surface area contributed by atoms with Crippen LogP contribution in [0, 0.1) is 0 Å². The van der Waals surface area contributed by atoms with Crippen molar-refractivity contribution in [1.82, 2.24) is 4.98 Å². The van der Waals surface area contributed by atoms with Crippen LogP contribution in [0.2, 0.25) is 0 Å². The van der Waals surface area contributed by atoms with E-state index in [4.69, 9.17) is 13.9 Å². The number of nitrogens with zero attached hydrogens (tertiary/aromatic N) is 1. The van der Waals surface area contributed by atoms with Crippen LogP contribution in [0.1, 0.15) is 5.56 Å².